The van der Waals surface area contributed by atoms with Crippen LogP contribution < -0.4 is 0 Å². The topological polar surface area (TPSA) is 37.3 Å². The maximum atomic E-state index is 13.1. The normalized spacial score (nSPS) is 19.1. The van der Waals surface area contributed by atoms with E-state index in [1.165, 1.54) is 6.07 Å². The van der Waals surface area contributed by atoms with Crippen molar-refractivity contribution in [3.63, 3.8) is 0 Å². The fourth-order valence-corrected chi connectivity index (χ4v) is 3.62. The largest absolute Gasteiger partial charge is 0.481 e. The summed E-state index contributed by atoms with van der Waals surface area (Å²) in [6.07, 6.45) is 1.36. The highest BCUT2D eigenvalue weighted by Gasteiger charge is 2.34. The number of benzene rings is 1. The monoisotopic (exact) mass is 254 g/mol. The van der Waals surface area contributed by atoms with Crippen LogP contribution in [-0.2, 0) is 11.2 Å². The molecule has 0 fully saturated rings. The molecule has 0 saturated heterocycles. The Morgan fingerprint density at radius 3 is 2.94 bits per heavy atom. The van der Waals surface area contributed by atoms with Crippen LogP contribution in [-0.4, -0.2) is 16.3 Å². The lowest BCUT2D eigenvalue weighted by Crippen LogP contribution is -2.27. The lowest BCUT2D eigenvalue weighted by Gasteiger charge is -2.22. The molecule has 1 aromatic rings. The van der Waals surface area contributed by atoms with E-state index in [1.54, 1.807) is 37.7 Å². The molecule has 0 aliphatic carbocycles. The van der Waals surface area contributed by atoms with Crippen molar-refractivity contribution in [2.75, 3.05) is 0 Å². The van der Waals surface area contributed by atoms with Crippen molar-refractivity contribution in [3.05, 3.63) is 29.6 Å². The summed E-state index contributed by atoms with van der Waals surface area (Å²) < 4.78 is 13.1. The molecular weight excluding hydrogens is 239 g/mol. The Hall–Kier alpha value is -1.03. The number of carboxylic acids is 1. The van der Waals surface area contributed by atoms with Crippen molar-refractivity contribution in [2.24, 2.45) is 5.41 Å². The summed E-state index contributed by atoms with van der Waals surface area (Å²) in [5, 5.41) is 9.33. The fourth-order valence-electron chi connectivity index (χ4n) is 2.06. The Morgan fingerprint density at radius 1 is 1.59 bits per heavy atom. The van der Waals surface area contributed by atoms with Gasteiger partial charge in [0.05, 0.1) is 5.41 Å². The van der Waals surface area contributed by atoms with E-state index in [9.17, 15) is 9.18 Å². The summed E-state index contributed by atoms with van der Waals surface area (Å²) in [4.78, 5) is 12.1. The predicted molar refractivity (Wildman–Crippen MR) is 65.8 cm³/mol. The molecule has 1 aliphatic rings. The highest BCUT2D eigenvalue weighted by Crippen LogP contribution is 2.42. The minimum Gasteiger partial charge on any atom is -0.481 e. The summed E-state index contributed by atoms with van der Waals surface area (Å²) in [7, 11) is 0. The summed E-state index contributed by atoms with van der Waals surface area (Å²) in [5.74, 6) is -0.997. The van der Waals surface area contributed by atoms with Gasteiger partial charge >= 0.3 is 5.97 Å². The van der Waals surface area contributed by atoms with Gasteiger partial charge < -0.3 is 5.11 Å². The van der Waals surface area contributed by atoms with E-state index in [1.807, 2.05) is 0 Å². The van der Waals surface area contributed by atoms with Gasteiger partial charge in [0.2, 0.25) is 0 Å². The first-order chi connectivity index (χ1) is 7.88. The van der Waals surface area contributed by atoms with Crippen molar-refractivity contribution in [1.29, 1.82) is 0 Å². The Morgan fingerprint density at radius 2 is 2.29 bits per heavy atom. The number of hydrogen-bond donors (Lipinski definition) is 1. The Balaban J connectivity index is 2.08. The van der Waals surface area contributed by atoms with Crippen LogP contribution in [0.1, 0.15) is 25.8 Å². The third-order valence-electron chi connectivity index (χ3n) is 3.08. The first kappa shape index (κ1) is 12.4. The first-order valence-corrected chi connectivity index (χ1v) is 6.45. The second kappa shape index (κ2) is 4.33. The highest BCUT2D eigenvalue weighted by atomic mass is 32.2. The minimum absolute atomic E-state index is 0.220. The highest BCUT2D eigenvalue weighted by molar-refractivity contribution is 8.00. The maximum absolute atomic E-state index is 13.1. The van der Waals surface area contributed by atoms with Crippen molar-refractivity contribution >= 4 is 17.7 Å². The number of hydrogen-bond acceptors (Lipinski definition) is 2. The van der Waals surface area contributed by atoms with Crippen LogP contribution in [0.25, 0.3) is 0 Å². The first-order valence-electron chi connectivity index (χ1n) is 5.57. The van der Waals surface area contributed by atoms with E-state index in [2.05, 4.69) is 0 Å². The molecule has 2 rings (SSSR count). The predicted octanol–water partition coefficient (Wildman–Crippen LogP) is 3.34. The van der Waals surface area contributed by atoms with E-state index < -0.39 is 11.4 Å². The molecule has 0 radical (unpaired) electrons. The van der Waals surface area contributed by atoms with Gasteiger partial charge in [-0.05, 0) is 50.5 Å². The molecule has 1 aromatic carbocycles. The third-order valence-corrected chi connectivity index (χ3v) is 4.40. The average molecular weight is 254 g/mol. The molecule has 17 heavy (non-hydrogen) atoms. The van der Waals surface area contributed by atoms with Gasteiger partial charge in [-0.2, -0.15) is 0 Å². The zero-order valence-corrected chi connectivity index (χ0v) is 10.7. The van der Waals surface area contributed by atoms with Gasteiger partial charge in [-0.15, -0.1) is 11.8 Å². The molecule has 2 nitrogen and oxygen atoms in total. The number of aliphatic carboxylic acids is 1. The summed E-state index contributed by atoms with van der Waals surface area (Å²) >= 11 is 1.66. The lowest BCUT2D eigenvalue weighted by molar-refractivity contribution is -0.147. The quantitative estimate of drug-likeness (QED) is 0.898. The summed E-state index contributed by atoms with van der Waals surface area (Å²) in [6.45, 7) is 3.47. The number of carboxylic acid groups (broad SMARTS) is 1. The molecule has 4 heteroatoms. The van der Waals surface area contributed by atoms with Crippen LogP contribution in [0.5, 0.6) is 0 Å². The Kier molecular flexibility index (Phi) is 3.17. The second-order valence-corrected chi connectivity index (χ2v) is 6.43. The van der Waals surface area contributed by atoms with Crippen molar-refractivity contribution < 1.29 is 14.3 Å². The summed E-state index contributed by atoms with van der Waals surface area (Å²) in [6, 6.07) is 4.79. The number of thioether (sulfide) groups is 1. The Bertz CT molecular complexity index is 457. The maximum Gasteiger partial charge on any atom is 0.309 e. The fraction of sp³-hybridized carbons (Fsp3) is 0.462. The average Bonchev–Trinajstić information content (AvgIpc) is 2.57. The van der Waals surface area contributed by atoms with Gasteiger partial charge in [0.1, 0.15) is 5.82 Å². The van der Waals surface area contributed by atoms with Crippen molar-refractivity contribution in [3.8, 4) is 0 Å². The minimum atomic E-state index is -0.778. The summed E-state index contributed by atoms with van der Waals surface area (Å²) in [5.41, 5.74) is 0.277. The molecule has 1 aliphatic heterocycles. The van der Waals surface area contributed by atoms with Crippen LogP contribution in [0.15, 0.2) is 23.1 Å². The van der Waals surface area contributed by atoms with E-state index >= 15 is 0 Å². The molecule has 1 unspecified atom stereocenters. The van der Waals surface area contributed by atoms with E-state index in [-0.39, 0.29) is 11.1 Å². The molecule has 92 valence electrons. The van der Waals surface area contributed by atoms with Crippen LogP contribution >= 0.6 is 11.8 Å². The molecule has 1 N–H and O–H groups in total. The zero-order chi connectivity index (χ0) is 12.6. The molecule has 0 aromatic heterocycles. The number of rotatable bonds is 3. The second-order valence-electron chi connectivity index (χ2n) is 5.09. The molecule has 1 heterocycles. The van der Waals surface area contributed by atoms with Gasteiger partial charge in [0.15, 0.2) is 0 Å². The molecule has 0 spiro atoms. The zero-order valence-electron chi connectivity index (χ0n) is 9.87. The van der Waals surface area contributed by atoms with Crippen molar-refractivity contribution in [2.45, 2.75) is 36.8 Å². The third kappa shape index (κ3) is 2.63. The molecular formula is C13H15FO2S. The molecule has 0 amide bonds. The van der Waals surface area contributed by atoms with E-state index in [0.29, 0.717) is 6.42 Å². The van der Waals surface area contributed by atoms with Gasteiger partial charge in [-0.1, -0.05) is 0 Å². The van der Waals surface area contributed by atoms with Crippen LogP contribution in [0.2, 0.25) is 0 Å². The lowest BCUT2D eigenvalue weighted by atomic mass is 9.86. The SMILES string of the molecule is CC(C)(CC1Cc2cc(F)ccc2S1)C(=O)O. The van der Waals surface area contributed by atoms with Crippen LogP contribution in [0.3, 0.4) is 0 Å². The van der Waals surface area contributed by atoms with E-state index in [4.69, 9.17) is 5.11 Å². The molecule has 1 atom stereocenters. The Labute approximate surface area is 104 Å². The van der Waals surface area contributed by atoms with Gasteiger partial charge in [-0.3, -0.25) is 4.79 Å². The smallest absolute Gasteiger partial charge is 0.309 e. The number of fused-ring (bicyclic) bond motifs is 1. The van der Waals surface area contributed by atoms with Gasteiger partial charge in [0, 0.05) is 10.1 Å². The van der Waals surface area contributed by atoms with E-state index in [0.717, 1.165) is 16.9 Å². The standard InChI is InChI=1S/C13H15FO2S/c1-13(2,12(15)16)7-10-6-8-5-9(14)3-4-11(8)17-10/h3-5,10H,6-7H2,1-2H3,(H,15,16). The van der Waals surface area contributed by atoms with Crippen LogP contribution in [0.4, 0.5) is 4.39 Å². The number of halogens is 1. The number of carbonyl (C=O) groups is 1. The molecule has 0 saturated carbocycles. The molecule has 0 bridgehead atoms. The van der Waals surface area contributed by atoms with Crippen molar-refractivity contribution in [1.82, 2.24) is 0 Å². The van der Waals surface area contributed by atoms with Gasteiger partial charge in [-0.25, -0.2) is 4.39 Å². The van der Waals surface area contributed by atoms with Crippen LogP contribution in [0, 0.1) is 11.2 Å². The van der Waals surface area contributed by atoms with Gasteiger partial charge in [0.25, 0.3) is 0 Å².